The first-order chi connectivity index (χ1) is 15.7. The van der Waals surface area contributed by atoms with E-state index in [0.29, 0.717) is 5.92 Å². The van der Waals surface area contributed by atoms with E-state index >= 15 is 0 Å². The lowest BCUT2D eigenvalue weighted by Gasteiger charge is -2.38. The van der Waals surface area contributed by atoms with Crippen LogP contribution < -0.4 is 0 Å². The van der Waals surface area contributed by atoms with Crippen molar-refractivity contribution in [2.45, 2.75) is 57.4 Å². The van der Waals surface area contributed by atoms with E-state index in [2.05, 4.69) is 9.88 Å². The van der Waals surface area contributed by atoms with E-state index in [0.717, 1.165) is 78.9 Å². The summed E-state index contributed by atoms with van der Waals surface area (Å²) in [5.41, 5.74) is 3.35. The Bertz CT molecular complexity index is 1140. The van der Waals surface area contributed by atoms with E-state index in [-0.39, 0.29) is 5.91 Å². The van der Waals surface area contributed by atoms with Crippen LogP contribution in [-0.2, 0) is 0 Å². The molecule has 166 valence electrons. The average Bonchev–Trinajstić information content (AvgIpc) is 3.44. The maximum Gasteiger partial charge on any atom is 0.254 e. The minimum absolute atomic E-state index is 0.119. The minimum atomic E-state index is 0.119. The molecule has 0 unspecified atom stereocenters. The van der Waals surface area contributed by atoms with E-state index in [1.54, 1.807) is 10.9 Å². The molecule has 0 spiro atoms. The fraction of sp³-hybridized carbons (Fsp3) is 0.520. The first-order valence-electron chi connectivity index (χ1n) is 12.0. The Morgan fingerprint density at radius 1 is 1.03 bits per heavy atom. The highest BCUT2D eigenvalue weighted by atomic mass is 16.2. The second-order valence-electron chi connectivity index (χ2n) is 9.52. The summed E-state index contributed by atoms with van der Waals surface area (Å²) in [4.78, 5) is 27.8. The highest BCUT2D eigenvalue weighted by molar-refractivity contribution is 6.06. The first kappa shape index (κ1) is 19.9. The molecule has 0 atom stereocenters. The normalized spacial score (nSPS) is 20.3. The van der Waals surface area contributed by atoms with Gasteiger partial charge >= 0.3 is 0 Å². The Hall–Kier alpha value is -2.80. The SMILES string of the molecule is Cc1nn(-c2ccccn2)c2nc(C3CC3)cc(C(=O)N3CCN(C4CCCC4)CC3)c12. The highest BCUT2D eigenvalue weighted by Crippen LogP contribution is 2.41. The summed E-state index contributed by atoms with van der Waals surface area (Å²) in [5.74, 6) is 1.31. The van der Waals surface area contributed by atoms with Gasteiger partial charge in [-0.1, -0.05) is 18.9 Å². The van der Waals surface area contributed by atoms with Gasteiger partial charge in [-0.2, -0.15) is 9.78 Å². The topological polar surface area (TPSA) is 67.2 Å². The number of hydrogen-bond donors (Lipinski definition) is 0. The second kappa shape index (κ2) is 7.96. The Labute approximate surface area is 188 Å². The fourth-order valence-electron chi connectivity index (χ4n) is 5.43. The number of carbonyl (C=O) groups is 1. The van der Waals surface area contributed by atoms with E-state index in [4.69, 9.17) is 10.1 Å². The molecule has 1 saturated heterocycles. The number of aryl methyl sites for hydroxylation is 1. The van der Waals surface area contributed by atoms with Gasteiger partial charge in [-0.05, 0) is 50.8 Å². The molecule has 7 nitrogen and oxygen atoms in total. The van der Waals surface area contributed by atoms with Crippen molar-refractivity contribution in [2.75, 3.05) is 26.2 Å². The largest absolute Gasteiger partial charge is 0.336 e. The van der Waals surface area contributed by atoms with Gasteiger partial charge in [0.15, 0.2) is 11.5 Å². The van der Waals surface area contributed by atoms with Gasteiger partial charge in [0.05, 0.1) is 16.6 Å². The molecule has 1 amide bonds. The summed E-state index contributed by atoms with van der Waals surface area (Å²) >= 11 is 0. The molecule has 2 saturated carbocycles. The maximum absolute atomic E-state index is 13.8. The zero-order valence-electron chi connectivity index (χ0n) is 18.7. The molecule has 0 aromatic carbocycles. The van der Waals surface area contributed by atoms with E-state index in [9.17, 15) is 4.79 Å². The van der Waals surface area contributed by atoms with Crippen molar-refractivity contribution < 1.29 is 4.79 Å². The molecule has 0 N–H and O–H groups in total. The Balaban J connectivity index is 1.35. The van der Waals surface area contributed by atoms with Crippen molar-refractivity contribution in [3.63, 3.8) is 0 Å². The van der Waals surface area contributed by atoms with Crippen LogP contribution in [-0.4, -0.2) is 67.7 Å². The van der Waals surface area contributed by atoms with Gasteiger partial charge in [0.25, 0.3) is 5.91 Å². The van der Waals surface area contributed by atoms with Crippen molar-refractivity contribution in [2.24, 2.45) is 0 Å². The third-order valence-corrected chi connectivity index (χ3v) is 7.37. The van der Waals surface area contributed by atoms with Crippen LogP contribution in [0.25, 0.3) is 16.9 Å². The van der Waals surface area contributed by atoms with Crippen LogP contribution >= 0.6 is 0 Å². The standard InChI is InChI=1S/C25H30N6O/c1-17-23-20(25(32)30-14-12-29(13-15-30)19-6-2-3-7-19)16-21(18-9-10-18)27-24(23)31(28-17)22-8-4-5-11-26-22/h4-5,8,11,16,18-19H,2-3,6-7,9-10,12-15H2,1H3. The van der Waals surface area contributed by atoms with Crippen molar-refractivity contribution in [1.29, 1.82) is 0 Å². The van der Waals surface area contributed by atoms with Gasteiger partial charge in [0, 0.05) is 50.0 Å². The van der Waals surface area contributed by atoms with Crippen LogP contribution in [0.5, 0.6) is 0 Å². The predicted octanol–water partition coefficient (Wildman–Crippen LogP) is 3.70. The van der Waals surface area contributed by atoms with Crippen LogP contribution in [0.2, 0.25) is 0 Å². The third-order valence-electron chi connectivity index (χ3n) is 7.37. The first-order valence-corrected chi connectivity index (χ1v) is 12.0. The van der Waals surface area contributed by atoms with Crippen molar-refractivity contribution in [1.82, 2.24) is 29.5 Å². The summed E-state index contributed by atoms with van der Waals surface area (Å²) in [7, 11) is 0. The lowest BCUT2D eigenvalue weighted by atomic mass is 10.1. The van der Waals surface area contributed by atoms with Gasteiger partial charge < -0.3 is 4.90 Å². The highest BCUT2D eigenvalue weighted by Gasteiger charge is 2.32. The number of aromatic nitrogens is 4. The molecular formula is C25H30N6O. The van der Waals surface area contributed by atoms with Gasteiger partial charge in [-0.3, -0.25) is 9.69 Å². The van der Waals surface area contributed by atoms with Gasteiger partial charge in [0.2, 0.25) is 0 Å². The molecule has 0 radical (unpaired) electrons. The lowest BCUT2D eigenvalue weighted by Crippen LogP contribution is -2.51. The Kier molecular flexibility index (Phi) is 4.94. The monoisotopic (exact) mass is 430 g/mol. The number of pyridine rings is 2. The number of piperazine rings is 1. The van der Waals surface area contributed by atoms with Gasteiger partial charge in [-0.15, -0.1) is 0 Å². The molecule has 1 aliphatic heterocycles. The number of amides is 1. The number of fused-ring (bicyclic) bond motifs is 1. The third kappa shape index (κ3) is 3.48. The molecule has 4 heterocycles. The maximum atomic E-state index is 13.8. The summed E-state index contributed by atoms with van der Waals surface area (Å²) in [5, 5.41) is 5.61. The number of rotatable bonds is 4. The fourth-order valence-corrected chi connectivity index (χ4v) is 5.43. The molecule has 3 aliphatic rings. The zero-order valence-corrected chi connectivity index (χ0v) is 18.7. The Morgan fingerprint density at radius 3 is 2.50 bits per heavy atom. The quantitative estimate of drug-likeness (QED) is 0.631. The summed E-state index contributed by atoms with van der Waals surface area (Å²) in [6, 6.07) is 8.54. The number of hydrogen-bond acceptors (Lipinski definition) is 5. The number of nitrogens with zero attached hydrogens (tertiary/aromatic N) is 6. The molecular weight excluding hydrogens is 400 g/mol. The molecule has 6 rings (SSSR count). The molecule has 3 aromatic heterocycles. The van der Waals surface area contributed by atoms with E-state index < -0.39 is 0 Å². The Morgan fingerprint density at radius 2 is 1.81 bits per heavy atom. The number of carbonyl (C=O) groups excluding carboxylic acids is 1. The molecule has 2 aliphatic carbocycles. The molecule has 3 fully saturated rings. The molecule has 0 bridgehead atoms. The van der Waals surface area contributed by atoms with Crippen molar-refractivity contribution >= 4 is 16.9 Å². The van der Waals surface area contributed by atoms with E-state index in [1.807, 2.05) is 36.1 Å². The molecule has 3 aromatic rings. The minimum Gasteiger partial charge on any atom is -0.336 e. The van der Waals surface area contributed by atoms with Crippen LogP contribution in [0.15, 0.2) is 30.5 Å². The lowest BCUT2D eigenvalue weighted by molar-refractivity contribution is 0.0575. The molecule has 32 heavy (non-hydrogen) atoms. The summed E-state index contributed by atoms with van der Waals surface area (Å²) in [6.45, 7) is 5.52. The predicted molar refractivity (Wildman–Crippen MR) is 123 cm³/mol. The van der Waals surface area contributed by atoms with Crippen molar-refractivity contribution in [3.05, 3.63) is 47.4 Å². The van der Waals surface area contributed by atoms with Gasteiger partial charge in [-0.25, -0.2) is 9.97 Å². The van der Waals surface area contributed by atoms with Crippen molar-refractivity contribution in [3.8, 4) is 5.82 Å². The van der Waals surface area contributed by atoms with Crippen LogP contribution in [0.3, 0.4) is 0 Å². The molecule has 7 heteroatoms. The van der Waals surface area contributed by atoms with Crippen LogP contribution in [0.1, 0.15) is 66.2 Å². The van der Waals surface area contributed by atoms with Crippen LogP contribution in [0.4, 0.5) is 0 Å². The second-order valence-corrected chi connectivity index (χ2v) is 9.52. The van der Waals surface area contributed by atoms with E-state index in [1.165, 1.54) is 25.7 Å². The summed E-state index contributed by atoms with van der Waals surface area (Å²) in [6.07, 6.45) is 9.38. The van der Waals surface area contributed by atoms with Gasteiger partial charge in [0.1, 0.15) is 0 Å². The average molecular weight is 431 g/mol. The smallest absolute Gasteiger partial charge is 0.254 e. The summed E-state index contributed by atoms with van der Waals surface area (Å²) < 4.78 is 1.80. The van der Waals surface area contributed by atoms with Crippen LogP contribution in [0, 0.1) is 6.92 Å². The zero-order chi connectivity index (χ0) is 21.7.